The molecule has 40 heavy (non-hydrogen) atoms. The fraction of sp³-hybridized carbons (Fsp3) is 0. The largest absolute Gasteiger partial charge is 0.292 e. The molecule has 0 saturated heterocycles. The number of para-hydroxylation sites is 3. The molecular formula is C37H24N2S. The van der Waals surface area contributed by atoms with Crippen molar-refractivity contribution in [2.24, 2.45) is 0 Å². The van der Waals surface area contributed by atoms with Crippen molar-refractivity contribution in [3.05, 3.63) is 146 Å². The molecule has 0 saturated carbocycles. The first-order chi connectivity index (χ1) is 19.8. The standard InChI is InChI=1S/C37H24N2S/c1-3-12-25(13-4-1)32-24-26(28-17-11-18-30-29-16-7-10-21-35(29)40-36(28)30)22-23-31(32)37-38-33-19-8-9-20-34(33)39(37)27-14-5-2-6-15-27/h1-24H. The third-order valence-corrected chi connectivity index (χ3v) is 8.86. The van der Waals surface area contributed by atoms with Crippen LogP contribution in [0, 0.1) is 0 Å². The van der Waals surface area contributed by atoms with Gasteiger partial charge in [-0.25, -0.2) is 4.98 Å². The minimum absolute atomic E-state index is 0.942. The van der Waals surface area contributed by atoms with Crippen molar-refractivity contribution in [3.63, 3.8) is 0 Å². The smallest absolute Gasteiger partial charge is 0.146 e. The Hall–Kier alpha value is -4.99. The summed E-state index contributed by atoms with van der Waals surface area (Å²) >= 11 is 1.87. The second kappa shape index (κ2) is 9.33. The lowest BCUT2D eigenvalue weighted by Crippen LogP contribution is -1.99. The van der Waals surface area contributed by atoms with Gasteiger partial charge in [-0.3, -0.25) is 4.57 Å². The quantitative estimate of drug-likeness (QED) is 0.222. The Morgan fingerprint density at radius 1 is 0.500 bits per heavy atom. The summed E-state index contributed by atoms with van der Waals surface area (Å²) in [4.78, 5) is 5.19. The van der Waals surface area contributed by atoms with Gasteiger partial charge in [0, 0.05) is 31.4 Å². The Morgan fingerprint density at radius 3 is 2.10 bits per heavy atom. The minimum atomic E-state index is 0.942. The molecule has 8 aromatic rings. The lowest BCUT2D eigenvalue weighted by atomic mass is 9.93. The molecule has 0 unspecified atom stereocenters. The van der Waals surface area contributed by atoms with Gasteiger partial charge in [0.2, 0.25) is 0 Å². The molecule has 0 bridgehead atoms. The molecule has 0 aliphatic rings. The molecule has 0 fully saturated rings. The fourth-order valence-electron chi connectivity index (χ4n) is 5.78. The van der Waals surface area contributed by atoms with Crippen LogP contribution in [0.3, 0.4) is 0 Å². The van der Waals surface area contributed by atoms with E-state index in [1.54, 1.807) is 0 Å². The van der Waals surface area contributed by atoms with E-state index < -0.39 is 0 Å². The van der Waals surface area contributed by atoms with E-state index in [-0.39, 0.29) is 0 Å². The Bertz CT molecular complexity index is 2150. The van der Waals surface area contributed by atoms with Crippen LogP contribution in [0.2, 0.25) is 0 Å². The summed E-state index contributed by atoms with van der Waals surface area (Å²) in [5.74, 6) is 0.942. The maximum absolute atomic E-state index is 5.19. The molecule has 0 aliphatic carbocycles. The first-order valence-corrected chi connectivity index (χ1v) is 14.3. The maximum Gasteiger partial charge on any atom is 0.146 e. The van der Waals surface area contributed by atoms with Crippen LogP contribution < -0.4 is 0 Å². The van der Waals surface area contributed by atoms with Gasteiger partial charge in [0.05, 0.1) is 11.0 Å². The van der Waals surface area contributed by atoms with E-state index in [2.05, 4.69) is 150 Å². The average molecular weight is 529 g/mol. The first-order valence-electron chi connectivity index (χ1n) is 13.5. The summed E-state index contributed by atoms with van der Waals surface area (Å²) in [6.07, 6.45) is 0. The predicted molar refractivity (Wildman–Crippen MR) is 170 cm³/mol. The van der Waals surface area contributed by atoms with E-state index >= 15 is 0 Å². The van der Waals surface area contributed by atoms with Gasteiger partial charge >= 0.3 is 0 Å². The number of hydrogen-bond donors (Lipinski definition) is 0. The van der Waals surface area contributed by atoms with Gasteiger partial charge in [-0.2, -0.15) is 0 Å². The van der Waals surface area contributed by atoms with E-state index in [4.69, 9.17) is 4.98 Å². The summed E-state index contributed by atoms with van der Waals surface area (Å²) < 4.78 is 4.93. The summed E-state index contributed by atoms with van der Waals surface area (Å²) in [7, 11) is 0. The number of rotatable bonds is 4. The molecule has 0 aliphatic heterocycles. The zero-order valence-corrected chi connectivity index (χ0v) is 22.5. The van der Waals surface area contributed by atoms with Crippen LogP contribution in [0.5, 0.6) is 0 Å². The number of aromatic nitrogens is 2. The van der Waals surface area contributed by atoms with Crippen LogP contribution in [0.4, 0.5) is 0 Å². The molecule has 2 aromatic heterocycles. The minimum Gasteiger partial charge on any atom is -0.292 e. The lowest BCUT2D eigenvalue weighted by molar-refractivity contribution is 1.10. The second-order valence-electron chi connectivity index (χ2n) is 10.0. The van der Waals surface area contributed by atoms with Crippen molar-refractivity contribution in [2.75, 3.05) is 0 Å². The number of benzene rings is 6. The number of fused-ring (bicyclic) bond motifs is 4. The highest BCUT2D eigenvalue weighted by atomic mass is 32.1. The van der Waals surface area contributed by atoms with Crippen LogP contribution in [0.15, 0.2) is 146 Å². The lowest BCUT2D eigenvalue weighted by Gasteiger charge is -2.15. The summed E-state index contributed by atoms with van der Waals surface area (Å²) in [6, 6.07) is 51.8. The molecule has 2 nitrogen and oxygen atoms in total. The van der Waals surface area contributed by atoms with Crippen molar-refractivity contribution in [1.29, 1.82) is 0 Å². The van der Waals surface area contributed by atoms with Crippen LogP contribution in [-0.4, -0.2) is 9.55 Å². The van der Waals surface area contributed by atoms with Crippen LogP contribution >= 0.6 is 11.3 Å². The van der Waals surface area contributed by atoms with E-state index in [9.17, 15) is 0 Å². The van der Waals surface area contributed by atoms with Crippen molar-refractivity contribution >= 4 is 42.5 Å². The van der Waals surface area contributed by atoms with E-state index in [0.717, 1.165) is 28.1 Å². The predicted octanol–water partition coefficient (Wildman–Crippen LogP) is 10.4. The zero-order chi connectivity index (χ0) is 26.5. The number of imidazole rings is 1. The fourth-order valence-corrected chi connectivity index (χ4v) is 7.02. The maximum atomic E-state index is 5.19. The molecular weight excluding hydrogens is 504 g/mol. The molecule has 3 heteroatoms. The Balaban J connectivity index is 1.40. The number of hydrogen-bond acceptors (Lipinski definition) is 2. The number of nitrogens with zero attached hydrogens (tertiary/aromatic N) is 2. The van der Waals surface area contributed by atoms with Gasteiger partial charge in [-0.05, 0) is 64.7 Å². The highest BCUT2D eigenvalue weighted by molar-refractivity contribution is 7.26. The molecule has 0 amide bonds. The molecule has 0 N–H and O–H groups in total. The van der Waals surface area contributed by atoms with Gasteiger partial charge in [0.1, 0.15) is 5.82 Å². The van der Waals surface area contributed by atoms with Gasteiger partial charge in [-0.15, -0.1) is 11.3 Å². The Morgan fingerprint density at radius 2 is 1.23 bits per heavy atom. The molecule has 6 aromatic carbocycles. The zero-order valence-electron chi connectivity index (χ0n) is 21.7. The van der Waals surface area contributed by atoms with E-state index in [0.29, 0.717) is 0 Å². The Kier molecular flexibility index (Phi) is 5.35. The van der Waals surface area contributed by atoms with E-state index in [1.165, 1.54) is 42.4 Å². The van der Waals surface area contributed by atoms with Crippen molar-refractivity contribution in [1.82, 2.24) is 9.55 Å². The van der Waals surface area contributed by atoms with Crippen molar-refractivity contribution < 1.29 is 0 Å². The van der Waals surface area contributed by atoms with Crippen LogP contribution in [0.1, 0.15) is 0 Å². The van der Waals surface area contributed by atoms with Gasteiger partial charge in [0.15, 0.2) is 0 Å². The van der Waals surface area contributed by atoms with Crippen molar-refractivity contribution in [2.45, 2.75) is 0 Å². The molecule has 2 heterocycles. The highest BCUT2D eigenvalue weighted by Gasteiger charge is 2.19. The molecule has 188 valence electrons. The normalized spacial score (nSPS) is 11.5. The average Bonchev–Trinajstić information content (AvgIpc) is 3.60. The third kappa shape index (κ3) is 3.67. The second-order valence-corrected chi connectivity index (χ2v) is 11.1. The van der Waals surface area contributed by atoms with Gasteiger partial charge in [-0.1, -0.05) is 103 Å². The molecule has 0 spiro atoms. The molecule has 0 atom stereocenters. The monoisotopic (exact) mass is 528 g/mol. The van der Waals surface area contributed by atoms with Crippen LogP contribution in [-0.2, 0) is 0 Å². The molecule has 8 rings (SSSR count). The topological polar surface area (TPSA) is 17.8 Å². The van der Waals surface area contributed by atoms with E-state index in [1.807, 2.05) is 11.3 Å². The summed E-state index contributed by atoms with van der Waals surface area (Å²) in [6.45, 7) is 0. The third-order valence-electron chi connectivity index (χ3n) is 7.64. The summed E-state index contributed by atoms with van der Waals surface area (Å²) in [5, 5.41) is 2.63. The van der Waals surface area contributed by atoms with Gasteiger partial charge < -0.3 is 0 Å². The van der Waals surface area contributed by atoms with Gasteiger partial charge in [0.25, 0.3) is 0 Å². The summed E-state index contributed by atoms with van der Waals surface area (Å²) in [5.41, 5.74) is 9.11. The SMILES string of the molecule is c1ccc(-c2cc(-c3cccc4c3sc3ccccc34)ccc2-c2nc3ccccc3n2-c2ccccc2)cc1. The van der Waals surface area contributed by atoms with Crippen molar-refractivity contribution in [3.8, 4) is 39.3 Å². The molecule has 0 radical (unpaired) electrons. The highest BCUT2D eigenvalue weighted by Crippen LogP contribution is 2.43. The number of thiophene rings is 1. The Labute approximate surface area is 236 Å². The first kappa shape index (κ1) is 22.9. The van der Waals surface area contributed by atoms with Crippen LogP contribution in [0.25, 0.3) is 70.5 Å².